The van der Waals surface area contributed by atoms with Crippen LogP contribution < -0.4 is 5.32 Å². The summed E-state index contributed by atoms with van der Waals surface area (Å²) in [6.07, 6.45) is 0. The second-order valence-electron chi connectivity index (χ2n) is 6.31. The summed E-state index contributed by atoms with van der Waals surface area (Å²) in [5.41, 5.74) is 3.63. The Bertz CT molecular complexity index is 695. The van der Waals surface area contributed by atoms with Gasteiger partial charge in [-0.15, -0.1) is 24.0 Å². The number of rotatable bonds is 10. The first-order valence-electron chi connectivity index (χ1n) is 9.42. The van der Waals surface area contributed by atoms with Crippen molar-refractivity contribution in [2.75, 3.05) is 33.9 Å². The molecule has 0 spiro atoms. The van der Waals surface area contributed by atoms with Gasteiger partial charge in [0, 0.05) is 33.8 Å². The summed E-state index contributed by atoms with van der Waals surface area (Å²) in [7, 11) is 3.86. The molecule has 0 saturated carbocycles. The summed E-state index contributed by atoms with van der Waals surface area (Å²) in [4.78, 5) is 6.51. The lowest BCUT2D eigenvalue weighted by atomic mass is 10.1. The van der Waals surface area contributed by atoms with Crippen molar-refractivity contribution in [2.24, 2.45) is 4.99 Å². The Morgan fingerprint density at radius 3 is 2.36 bits per heavy atom. The minimum atomic E-state index is 0. The van der Waals surface area contributed by atoms with Crippen molar-refractivity contribution in [1.82, 2.24) is 10.2 Å². The number of nitrogens with zero attached hydrogens (tertiary/aromatic N) is 2. The van der Waals surface area contributed by atoms with Gasteiger partial charge in [0.25, 0.3) is 0 Å². The molecule has 1 N–H and O–H groups in total. The third-order valence-corrected chi connectivity index (χ3v) is 4.12. The van der Waals surface area contributed by atoms with Crippen LogP contribution in [0.15, 0.2) is 59.6 Å². The van der Waals surface area contributed by atoms with Crippen molar-refractivity contribution < 1.29 is 9.47 Å². The number of aliphatic imine (C=N–C) groups is 1. The van der Waals surface area contributed by atoms with Crippen molar-refractivity contribution in [3.8, 4) is 0 Å². The van der Waals surface area contributed by atoms with E-state index in [4.69, 9.17) is 9.47 Å². The Balaban J connectivity index is 0.00000392. The summed E-state index contributed by atoms with van der Waals surface area (Å²) in [6, 6.07) is 18.8. The molecule has 0 fully saturated rings. The largest absolute Gasteiger partial charge is 0.379 e. The summed E-state index contributed by atoms with van der Waals surface area (Å²) in [6.45, 7) is 6.11. The lowest BCUT2D eigenvalue weighted by Gasteiger charge is -2.22. The van der Waals surface area contributed by atoms with Crippen molar-refractivity contribution in [3.63, 3.8) is 0 Å². The Labute approximate surface area is 186 Å². The fraction of sp³-hybridized carbons (Fsp3) is 0.409. The second kappa shape index (κ2) is 14.4. The number of hydrogen-bond donors (Lipinski definition) is 1. The highest BCUT2D eigenvalue weighted by Crippen LogP contribution is 2.08. The first kappa shape index (κ1) is 24.4. The van der Waals surface area contributed by atoms with Crippen molar-refractivity contribution in [2.45, 2.75) is 26.6 Å². The molecule has 0 aliphatic carbocycles. The third-order valence-electron chi connectivity index (χ3n) is 4.12. The molecular formula is C22H32IN3O2. The Morgan fingerprint density at radius 2 is 1.64 bits per heavy atom. The van der Waals surface area contributed by atoms with Crippen LogP contribution in [0, 0.1) is 0 Å². The quantitative estimate of drug-likeness (QED) is 0.233. The molecule has 2 rings (SSSR count). The molecule has 0 amide bonds. The highest BCUT2D eigenvalue weighted by molar-refractivity contribution is 14.0. The van der Waals surface area contributed by atoms with Crippen LogP contribution in [0.25, 0.3) is 0 Å². The van der Waals surface area contributed by atoms with Gasteiger partial charge >= 0.3 is 0 Å². The second-order valence-corrected chi connectivity index (χ2v) is 6.31. The summed E-state index contributed by atoms with van der Waals surface area (Å²) >= 11 is 0. The van der Waals surface area contributed by atoms with E-state index in [1.807, 2.05) is 27.1 Å². The van der Waals surface area contributed by atoms with E-state index in [2.05, 4.69) is 63.7 Å². The predicted molar refractivity (Wildman–Crippen MR) is 126 cm³/mol. The van der Waals surface area contributed by atoms with E-state index in [0.717, 1.165) is 25.7 Å². The van der Waals surface area contributed by atoms with Gasteiger partial charge in [0.2, 0.25) is 0 Å². The van der Waals surface area contributed by atoms with Crippen LogP contribution in [0.1, 0.15) is 23.6 Å². The van der Waals surface area contributed by atoms with Gasteiger partial charge in [0.1, 0.15) is 0 Å². The third kappa shape index (κ3) is 9.03. The van der Waals surface area contributed by atoms with Crippen LogP contribution in [0.2, 0.25) is 0 Å². The van der Waals surface area contributed by atoms with E-state index in [1.165, 1.54) is 16.7 Å². The summed E-state index contributed by atoms with van der Waals surface area (Å²) in [5, 5.41) is 3.43. The number of guanidine groups is 1. The van der Waals surface area contributed by atoms with Gasteiger partial charge in [-0.05, 0) is 23.6 Å². The molecule has 28 heavy (non-hydrogen) atoms. The number of nitrogens with one attached hydrogen (secondary N) is 1. The SMILES string of the molecule is CCOCCOCc1cccc(CNC(=NC)N(C)Cc2ccccc2)c1.I. The van der Waals surface area contributed by atoms with Crippen LogP contribution in [-0.2, 0) is 29.2 Å². The average molecular weight is 497 g/mol. The highest BCUT2D eigenvalue weighted by Gasteiger charge is 2.06. The minimum absolute atomic E-state index is 0. The maximum Gasteiger partial charge on any atom is 0.193 e. The van der Waals surface area contributed by atoms with E-state index >= 15 is 0 Å². The summed E-state index contributed by atoms with van der Waals surface area (Å²) in [5.74, 6) is 0.872. The molecule has 0 aliphatic rings. The fourth-order valence-corrected chi connectivity index (χ4v) is 2.78. The van der Waals surface area contributed by atoms with Crippen LogP contribution in [0.4, 0.5) is 0 Å². The normalized spacial score (nSPS) is 11.0. The van der Waals surface area contributed by atoms with E-state index < -0.39 is 0 Å². The lowest BCUT2D eigenvalue weighted by Crippen LogP contribution is -2.38. The molecule has 0 heterocycles. The van der Waals surface area contributed by atoms with Gasteiger partial charge in [0.05, 0.1) is 19.8 Å². The maximum atomic E-state index is 5.65. The first-order chi connectivity index (χ1) is 13.2. The molecule has 154 valence electrons. The Kier molecular flexibility index (Phi) is 12.5. The number of benzene rings is 2. The van der Waals surface area contributed by atoms with Gasteiger partial charge in [0.15, 0.2) is 5.96 Å². The molecule has 0 saturated heterocycles. The molecule has 2 aromatic carbocycles. The van der Waals surface area contributed by atoms with Crippen molar-refractivity contribution in [1.29, 1.82) is 0 Å². The van der Waals surface area contributed by atoms with Gasteiger partial charge in [-0.2, -0.15) is 0 Å². The highest BCUT2D eigenvalue weighted by atomic mass is 127. The van der Waals surface area contributed by atoms with Crippen molar-refractivity contribution >= 4 is 29.9 Å². The molecule has 0 aromatic heterocycles. The summed E-state index contributed by atoms with van der Waals surface area (Å²) < 4.78 is 10.9. The Hall–Kier alpha value is -1.64. The monoisotopic (exact) mass is 497 g/mol. The molecule has 2 aromatic rings. The Morgan fingerprint density at radius 1 is 0.964 bits per heavy atom. The molecule has 5 nitrogen and oxygen atoms in total. The minimum Gasteiger partial charge on any atom is -0.379 e. The maximum absolute atomic E-state index is 5.65. The van der Waals surface area contributed by atoms with Crippen LogP contribution >= 0.6 is 24.0 Å². The van der Waals surface area contributed by atoms with Crippen LogP contribution in [-0.4, -0.2) is 44.8 Å². The van der Waals surface area contributed by atoms with E-state index in [-0.39, 0.29) is 24.0 Å². The van der Waals surface area contributed by atoms with Gasteiger partial charge < -0.3 is 19.7 Å². The molecule has 6 heteroatoms. The first-order valence-corrected chi connectivity index (χ1v) is 9.42. The average Bonchev–Trinajstić information content (AvgIpc) is 2.69. The zero-order valence-electron chi connectivity index (χ0n) is 17.1. The van der Waals surface area contributed by atoms with Crippen LogP contribution in [0.5, 0.6) is 0 Å². The van der Waals surface area contributed by atoms with E-state index in [0.29, 0.717) is 19.8 Å². The predicted octanol–water partition coefficient (Wildman–Crippen LogP) is 4.07. The number of halogens is 1. The molecule has 0 bridgehead atoms. The lowest BCUT2D eigenvalue weighted by molar-refractivity contribution is 0.0453. The molecule has 0 radical (unpaired) electrons. The molecule has 0 unspecified atom stereocenters. The van der Waals surface area contributed by atoms with E-state index in [1.54, 1.807) is 0 Å². The topological polar surface area (TPSA) is 46.1 Å². The number of ether oxygens (including phenoxy) is 2. The zero-order chi connectivity index (χ0) is 19.3. The van der Waals surface area contributed by atoms with E-state index in [9.17, 15) is 0 Å². The van der Waals surface area contributed by atoms with Gasteiger partial charge in [-0.1, -0.05) is 54.6 Å². The van der Waals surface area contributed by atoms with Crippen LogP contribution in [0.3, 0.4) is 0 Å². The zero-order valence-corrected chi connectivity index (χ0v) is 19.4. The molecule has 0 atom stereocenters. The molecular weight excluding hydrogens is 465 g/mol. The number of hydrogen-bond acceptors (Lipinski definition) is 3. The van der Waals surface area contributed by atoms with Gasteiger partial charge in [-0.3, -0.25) is 4.99 Å². The molecule has 0 aliphatic heterocycles. The fourth-order valence-electron chi connectivity index (χ4n) is 2.78. The van der Waals surface area contributed by atoms with Gasteiger partial charge in [-0.25, -0.2) is 0 Å². The smallest absolute Gasteiger partial charge is 0.193 e. The van der Waals surface area contributed by atoms with Crippen molar-refractivity contribution in [3.05, 3.63) is 71.3 Å². The standard InChI is InChI=1S/C22H31N3O2.HI/c1-4-26-13-14-27-18-21-12-8-11-20(15-21)16-24-22(23-2)25(3)17-19-9-6-5-7-10-19;/h5-12,15H,4,13-14,16-18H2,1-3H3,(H,23,24);1H.